The van der Waals surface area contributed by atoms with Gasteiger partial charge < -0.3 is 9.72 Å². The number of benzene rings is 1. The molecule has 3 atom stereocenters. The summed E-state index contributed by atoms with van der Waals surface area (Å²) in [5.41, 5.74) is 0.532. The molecule has 2 bridgehead atoms. The molecule has 0 radical (unpaired) electrons. The lowest BCUT2D eigenvalue weighted by molar-refractivity contribution is 0.00620. The van der Waals surface area contributed by atoms with Crippen molar-refractivity contribution < 1.29 is 13.9 Å². The molecule has 2 heterocycles. The average molecular weight is 436 g/mol. The first kappa shape index (κ1) is 18.5. The van der Waals surface area contributed by atoms with Gasteiger partial charge in [0.2, 0.25) is 0 Å². The fourth-order valence-corrected chi connectivity index (χ4v) is 4.58. The predicted octanol–water partition coefficient (Wildman–Crippen LogP) is 5.44. The number of nitrogens with zero attached hydrogens (tertiary/aromatic N) is 2. The van der Waals surface area contributed by atoms with E-state index in [1.165, 1.54) is 6.07 Å². The van der Waals surface area contributed by atoms with Crippen molar-refractivity contribution in [3.63, 3.8) is 0 Å². The molecule has 1 amide bonds. The summed E-state index contributed by atoms with van der Waals surface area (Å²) in [7, 11) is 0. The first-order chi connectivity index (χ1) is 12.7. The topological polar surface area (TPSA) is 58.2 Å². The fraction of sp³-hybridized carbons (Fsp3) is 0.500. The van der Waals surface area contributed by atoms with Crippen LogP contribution in [0.3, 0.4) is 0 Å². The Morgan fingerprint density at radius 3 is 2.85 bits per heavy atom. The molecule has 7 heteroatoms. The standard InChI is InChI=1S/C20H23BrFN3O2/c1-20(2,3)27-19(26)25-13-6-4-11(8-13)17(25)18-23-10-16(24-18)14-7-5-12(21)9-15(14)22/h5,7,9-11,13,17H,4,6,8H2,1-3H3,(H,23,24)/t11-,13+,17-/m0/s1. The van der Waals surface area contributed by atoms with Gasteiger partial charge in [0.05, 0.1) is 17.9 Å². The number of aromatic nitrogens is 2. The number of amides is 1. The number of hydrogen-bond acceptors (Lipinski definition) is 3. The third kappa shape index (κ3) is 3.49. The number of imidazole rings is 1. The first-order valence-electron chi connectivity index (χ1n) is 9.24. The maximum absolute atomic E-state index is 14.3. The third-order valence-corrected chi connectivity index (χ3v) is 5.78. The highest BCUT2D eigenvalue weighted by molar-refractivity contribution is 9.10. The number of aromatic amines is 1. The van der Waals surface area contributed by atoms with E-state index < -0.39 is 5.60 Å². The van der Waals surface area contributed by atoms with E-state index >= 15 is 0 Å². The summed E-state index contributed by atoms with van der Waals surface area (Å²) in [5.74, 6) is 0.734. The van der Waals surface area contributed by atoms with Crippen LogP contribution in [0.15, 0.2) is 28.9 Å². The molecular formula is C20H23BrFN3O2. The zero-order chi connectivity index (χ0) is 19.3. The second-order valence-electron chi connectivity index (χ2n) is 8.37. The van der Waals surface area contributed by atoms with Crippen LogP contribution in [0.2, 0.25) is 0 Å². The van der Waals surface area contributed by atoms with Crippen LogP contribution in [0.4, 0.5) is 9.18 Å². The van der Waals surface area contributed by atoms with Gasteiger partial charge in [-0.3, -0.25) is 4.90 Å². The Kier molecular flexibility index (Phi) is 4.53. The molecule has 144 valence electrons. The van der Waals surface area contributed by atoms with E-state index in [-0.39, 0.29) is 24.0 Å². The normalized spacial score (nSPS) is 24.5. The molecular weight excluding hydrogens is 413 g/mol. The highest BCUT2D eigenvalue weighted by Gasteiger charge is 2.51. The number of fused-ring (bicyclic) bond motifs is 2. The van der Waals surface area contributed by atoms with E-state index in [0.29, 0.717) is 27.5 Å². The molecule has 2 fully saturated rings. The molecule has 4 rings (SSSR count). The SMILES string of the molecule is CC(C)(C)OC(=O)N1[C@@H]2CC[C@@H](C2)[C@H]1c1ncc(-c2ccc(Br)cc2F)[nH]1. The van der Waals surface area contributed by atoms with Crippen LogP contribution in [0.5, 0.6) is 0 Å². The van der Waals surface area contributed by atoms with Gasteiger partial charge in [0.25, 0.3) is 0 Å². The molecule has 1 saturated carbocycles. The second kappa shape index (κ2) is 6.62. The number of hydrogen-bond donors (Lipinski definition) is 1. The maximum Gasteiger partial charge on any atom is 0.411 e. The summed E-state index contributed by atoms with van der Waals surface area (Å²) in [6.07, 6.45) is 4.37. The fourth-order valence-electron chi connectivity index (χ4n) is 4.25. The van der Waals surface area contributed by atoms with Crippen LogP contribution in [-0.2, 0) is 4.74 Å². The molecule has 0 unspecified atom stereocenters. The number of piperidine rings is 1. The van der Waals surface area contributed by atoms with Gasteiger partial charge in [-0.05, 0) is 64.2 Å². The summed E-state index contributed by atoms with van der Waals surface area (Å²) < 4.78 is 20.6. The lowest BCUT2D eigenvalue weighted by Gasteiger charge is -2.35. The molecule has 1 N–H and O–H groups in total. The Bertz CT molecular complexity index is 876. The van der Waals surface area contributed by atoms with Gasteiger partial charge >= 0.3 is 6.09 Å². The third-order valence-electron chi connectivity index (χ3n) is 5.29. The minimum Gasteiger partial charge on any atom is -0.444 e. The van der Waals surface area contributed by atoms with Crippen molar-refractivity contribution in [3.8, 4) is 11.3 Å². The van der Waals surface area contributed by atoms with Crippen LogP contribution in [0.1, 0.15) is 51.9 Å². The zero-order valence-corrected chi connectivity index (χ0v) is 17.2. The summed E-state index contributed by atoms with van der Waals surface area (Å²) in [4.78, 5) is 22.4. The maximum atomic E-state index is 14.3. The molecule has 2 aromatic rings. The largest absolute Gasteiger partial charge is 0.444 e. The molecule has 1 aromatic carbocycles. The minimum atomic E-state index is -0.543. The van der Waals surface area contributed by atoms with Gasteiger partial charge in [-0.15, -0.1) is 0 Å². The smallest absolute Gasteiger partial charge is 0.411 e. The van der Waals surface area contributed by atoms with Crippen LogP contribution in [0.25, 0.3) is 11.3 Å². The van der Waals surface area contributed by atoms with Gasteiger partial charge in [-0.1, -0.05) is 15.9 Å². The van der Waals surface area contributed by atoms with Crippen LogP contribution < -0.4 is 0 Å². The molecule has 1 aliphatic carbocycles. The molecule has 2 aliphatic rings. The van der Waals surface area contributed by atoms with Gasteiger partial charge in [-0.2, -0.15) is 0 Å². The van der Waals surface area contributed by atoms with E-state index in [4.69, 9.17) is 4.74 Å². The van der Waals surface area contributed by atoms with Crippen molar-refractivity contribution in [2.75, 3.05) is 0 Å². The van der Waals surface area contributed by atoms with E-state index in [0.717, 1.165) is 19.3 Å². The first-order valence-corrected chi connectivity index (χ1v) is 10.0. The Morgan fingerprint density at radius 1 is 1.37 bits per heavy atom. The van der Waals surface area contributed by atoms with Crippen LogP contribution >= 0.6 is 15.9 Å². The van der Waals surface area contributed by atoms with Gasteiger partial charge in [-0.25, -0.2) is 14.2 Å². The summed E-state index contributed by atoms with van der Waals surface area (Å²) >= 11 is 3.27. The van der Waals surface area contributed by atoms with Crippen LogP contribution in [0, 0.1) is 11.7 Å². The second-order valence-corrected chi connectivity index (χ2v) is 9.28. The van der Waals surface area contributed by atoms with Crippen molar-refractivity contribution in [1.29, 1.82) is 0 Å². The molecule has 1 aliphatic heterocycles. The molecule has 1 saturated heterocycles. The zero-order valence-electron chi connectivity index (χ0n) is 15.6. The number of ether oxygens (including phenoxy) is 1. The number of H-pyrrole nitrogens is 1. The van der Waals surface area contributed by atoms with E-state index in [9.17, 15) is 9.18 Å². The summed E-state index contributed by atoms with van der Waals surface area (Å²) in [5, 5.41) is 0. The Morgan fingerprint density at radius 2 is 2.15 bits per heavy atom. The van der Waals surface area contributed by atoms with Crippen molar-refractivity contribution in [2.24, 2.45) is 5.92 Å². The summed E-state index contributed by atoms with van der Waals surface area (Å²) in [6, 6.07) is 4.98. The quantitative estimate of drug-likeness (QED) is 0.682. The number of rotatable bonds is 2. The minimum absolute atomic E-state index is 0.147. The lowest BCUT2D eigenvalue weighted by Crippen LogP contribution is -2.43. The van der Waals surface area contributed by atoms with Crippen molar-refractivity contribution in [1.82, 2.24) is 14.9 Å². The number of carbonyl (C=O) groups is 1. The molecule has 0 spiro atoms. The Labute approximate surface area is 166 Å². The van der Waals surface area contributed by atoms with Crippen molar-refractivity contribution >= 4 is 22.0 Å². The Hall–Kier alpha value is -1.89. The van der Waals surface area contributed by atoms with Crippen LogP contribution in [-0.4, -0.2) is 32.6 Å². The predicted molar refractivity (Wildman–Crippen MR) is 104 cm³/mol. The van der Waals surface area contributed by atoms with E-state index in [2.05, 4.69) is 25.9 Å². The number of likely N-dealkylation sites (tertiary alicyclic amines) is 1. The van der Waals surface area contributed by atoms with E-state index in [1.54, 1.807) is 18.3 Å². The van der Waals surface area contributed by atoms with Crippen molar-refractivity contribution in [2.45, 2.75) is 57.7 Å². The van der Waals surface area contributed by atoms with Gasteiger partial charge in [0, 0.05) is 16.1 Å². The molecule has 1 aromatic heterocycles. The van der Waals surface area contributed by atoms with E-state index in [1.807, 2.05) is 25.7 Å². The lowest BCUT2D eigenvalue weighted by atomic mass is 9.98. The molecule has 27 heavy (non-hydrogen) atoms. The van der Waals surface area contributed by atoms with Crippen molar-refractivity contribution in [3.05, 3.63) is 40.5 Å². The Balaban J connectivity index is 1.64. The molecule has 5 nitrogen and oxygen atoms in total. The number of halogens is 2. The monoisotopic (exact) mass is 435 g/mol. The van der Waals surface area contributed by atoms with Gasteiger partial charge in [0.1, 0.15) is 17.2 Å². The highest BCUT2D eigenvalue weighted by atomic mass is 79.9. The summed E-state index contributed by atoms with van der Waals surface area (Å²) in [6.45, 7) is 5.61. The van der Waals surface area contributed by atoms with Gasteiger partial charge in [0.15, 0.2) is 0 Å². The number of nitrogens with one attached hydrogen (secondary N) is 1. The highest BCUT2D eigenvalue weighted by Crippen LogP contribution is 2.50. The number of carbonyl (C=O) groups excluding carboxylic acids is 1. The average Bonchev–Trinajstić information content (AvgIpc) is 3.28.